The number of rotatable bonds is 4. The molecule has 0 aromatic heterocycles. The molecule has 0 amide bonds. The molecule has 2 unspecified atom stereocenters. The lowest BCUT2D eigenvalue weighted by Gasteiger charge is -2.23. The maximum atomic E-state index is 2.46. The maximum Gasteiger partial charge on any atom is 0.0159 e. The van der Waals surface area contributed by atoms with Crippen LogP contribution in [-0.4, -0.2) is 0 Å². The quantitative estimate of drug-likeness (QED) is 0.167. The Hall–Kier alpha value is -7.02. The van der Waals surface area contributed by atoms with Crippen LogP contribution >= 0.6 is 0 Å². The van der Waals surface area contributed by atoms with Gasteiger partial charge in [0.25, 0.3) is 0 Å². The van der Waals surface area contributed by atoms with Gasteiger partial charge in [-0.15, -0.1) is 0 Å². The standard InChI is InChI=1S/C62H46/c1-61(2)56-18-8-7-15-49(56)50-26-24-43(35-57(50)61)44-25-28-52-51-27-23-42(34-58(51)62(3,4)59(52)36-44)41-22-21-39-31-38(19-20-40(39)32-41)37-11-9-12-45(33-37)46-29-30-55-48-14-6-5-13-47(48)54-17-10-16-53(46)60(54)55/h5-36,47-48H,1-4H3. The zero-order chi connectivity index (χ0) is 41.5. The summed E-state index contributed by atoms with van der Waals surface area (Å²) in [5.41, 5.74) is 24.0. The summed E-state index contributed by atoms with van der Waals surface area (Å²) in [6.07, 6.45) is 9.16. The molecule has 0 heteroatoms. The van der Waals surface area contributed by atoms with Crippen molar-refractivity contribution in [2.75, 3.05) is 0 Å². The summed E-state index contributed by atoms with van der Waals surface area (Å²) in [7, 11) is 0. The van der Waals surface area contributed by atoms with Crippen molar-refractivity contribution in [2.45, 2.75) is 50.4 Å². The van der Waals surface area contributed by atoms with Crippen LogP contribution in [0.4, 0.5) is 0 Å². The topological polar surface area (TPSA) is 0 Å². The van der Waals surface area contributed by atoms with Gasteiger partial charge in [-0.05, 0) is 158 Å². The van der Waals surface area contributed by atoms with Crippen molar-refractivity contribution in [3.05, 3.63) is 228 Å². The van der Waals surface area contributed by atoms with E-state index >= 15 is 0 Å². The molecule has 9 aromatic carbocycles. The van der Waals surface area contributed by atoms with Crippen molar-refractivity contribution in [1.82, 2.24) is 0 Å². The lowest BCUT2D eigenvalue weighted by atomic mass is 9.80. The first-order valence-electron chi connectivity index (χ1n) is 22.3. The highest BCUT2D eigenvalue weighted by Crippen LogP contribution is 2.54. The molecule has 0 heterocycles. The molecule has 9 aromatic rings. The first-order valence-corrected chi connectivity index (χ1v) is 22.3. The van der Waals surface area contributed by atoms with Crippen LogP contribution in [0.2, 0.25) is 0 Å². The van der Waals surface area contributed by atoms with Crippen LogP contribution in [-0.2, 0) is 10.8 Å². The summed E-state index contributed by atoms with van der Waals surface area (Å²) in [6.45, 7) is 9.53. The number of hydrogen-bond donors (Lipinski definition) is 0. The predicted molar refractivity (Wildman–Crippen MR) is 262 cm³/mol. The molecule has 4 aliphatic carbocycles. The lowest BCUT2D eigenvalue weighted by molar-refractivity contribution is 0.659. The predicted octanol–water partition coefficient (Wildman–Crippen LogP) is 16.6. The summed E-state index contributed by atoms with van der Waals surface area (Å²) >= 11 is 0. The number of hydrogen-bond acceptors (Lipinski definition) is 0. The van der Waals surface area contributed by atoms with E-state index < -0.39 is 0 Å². The second kappa shape index (κ2) is 12.8. The van der Waals surface area contributed by atoms with Gasteiger partial charge < -0.3 is 0 Å². The van der Waals surface area contributed by atoms with Crippen molar-refractivity contribution in [1.29, 1.82) is 0 Å². The zero-order valence-corrected chi connectivity index (χ0v) is 35.6. The fourth-order valence-corrected chi connectivity index (χ4v) is 11.9. The van der Waals surface area contributed by atoms with Crippen molar-refractivity contribution >= 4 is 21.5 Å². The minimum absolute atomic E-state index is 0.0171. The highest BCUT2D eigenvalue weighted by atomic mass is 14.4. The Balaban J connectivity index is 0.799. The van der Waals surface area contributed by atoms with Gasteiger partial charge in [0, 0.05) is 22.7 Å². The Morgan fingerprint density at radius 2 is 0.774 bits per heavy atom. The van der Waals surface area contributed by atoms with E-state index in [9.17, 15) is 0 Å². The summed E-state index contributed by atoms with van der Waals surface area (Å²) in [4.78, 5) is 0. The average Bonchev–Trinajstić information content (AvgIpc) is 3.85. The minimum Gasteiger partial charge on any atom is -0.0761 e. The molecule has 2 atom stereocenters. The van der Waals surface area contributed by atoms with Crippen LogP contribution in [0.1, 0.15) is 72.9 Å². The maximum absolute atomic E-state index is 2.46. The van der Waals surface area contributed by atoms with Crippen LogP contribution < -0.4 is 0 Å². The van der Waals surface area contributed by atoms with E-state index in [1.165, 1.54) is 122 Å². The summed E-state index contributed by atoms with van der Waals surface area (Å²) in [5, 5.41) is 5.31. The molecule has 0 fully saturated rings. The number of fused-ring (bicyclic) bond motifs is 10. The number of benzene rings is 9. The third kappa shape index (κ3) is 5.01. The van der Waals surface area contributed by atoms with E-state index in [1.54, 1.807) is 0 Å². The van der Waals surface area contributed by atoms with Gasteiger partial charge in [0.2, 0.25) is 0 Å². The van der Waals surface area contributed by atoms with E-state index in [4.69, 9.17) is 0 Å². The molecule has 0 aliphatic heterocycles. The second-order valence-electron chi connectivity index (χ2n) is 19.2. The first kappa shape index (κ1) is 35.7. The van der Waals surface area contributed by atoms with Gasteiger partial charge in [-0.3, -0.25) is 0 Å². The van der Waals surface area contributed by atoms with E-state index in [0.717, 1.165) is 0 Å². The van der Waals surface area contributed by atoms with Crippen LogP contribution in [0, 0.1) is 0 Å². The third-order valence-electron chi connectivity index (χ3n) is 15.2. The first-order chi connectivity index (χ1) is 30.2. The molecule has 0 bridgehead atoms. The Labute approximate surface area is 364 Å². The summed E-state index contributed by atoms with van der Waals surface area (Å²) < 4.78 is 0. The van der Waals surface area contributed by atoms with Gasteiger partial charge in [-0.25, -0.2) is 0 Å². The van der Waals surface area contributed by atoms with Crippen LogP contribution in [0.25, 0.3) is 88.3 Å². The highest BCUT2D eigenvalue weighted by Gasteiger charge is 2.38. The normalized spacial score (nSPS) is 17.8. The minimum atomic E-state index is -0.122. The third-order valence-corrected chi connectivity index (χ3v) is 15.2. The van der Waals surface area contributed by atoms with E-state index in [2.05, 4.69) is 222 Å². The zero-order valence-electron chi connectivity index (χ0n) is 35.6. The second-order valence-corrected chi connectivity index (χ2v) is 19.2. The van der Waals surface area contributed by atoms with Crippen molar-refractivity contribution in [2.24, 2.45) is 0 Å². The summed E-state index contributed by atoms with van der Waals surface area (Å²) in [5.74, 6) is 0.876. The molecule has 0 spiro atoms. The van der Waals surface area contributed by atoms with Gasteiger partial charge >= 0.3 is 0 Å². The number of allylic oxidation sites excluding steroid dienone is 4. The van der Waals surface area contributed by atoms with Gasteiger partial charge in [0.1, 0.15) is 0 Å². The lowest BCUT2D eigenvalue weighted by Crippen LogP contribution is -2.15. The molecular formula is C62H46. The molecule has 0 saturated carbocycles. The van der Waals surface area contributed by atoms with Gasteiger partial charge in [-0.2, -0.15) is 0 Å². The molecule has 0 saturated heterocycles. The molecule has 4 aliphatic rings. The molecule has 0 radical (unpaired) electrons. The van der Waals surface area contributed by atoms with Crippen LogP contribution in [0.15, 0.2) is 194 Å². The molecule has 0 N–H and O–H groups in total. The monoisotopic (exact) mass is 790 g/mol. The molecular weight excluding hydrogens is 745 g/mol. The van der Waals surface area contributed by atoms with Gasteiger partial charge in [0.05, 0.1) is 0 Å². The molecule has 294 valence electrons. The fourth-order valence-electron chi connectivity index (χ4n) is 11.9. The molecule has 13 rings (SSSR count). The molecule has 0 nitrogen and oxygen atoms in total. The van der Waals surface area contributed by atoms with Crippen molar-refractivity contribution < 1.29 is 0 Å². The van der Waals surface area contributed by atoms with E-state index in [-0.39, 0.29) is 10.8 Å². The fraction of sp³-hybridized carbons (Fsp3) is 0.129. The molecule has 62 heavy (non-hydrogen) atoms. The summed E-state index contributed by atoms with van der Waals surface area (Å²) in [6, 6.07) is 65.0. The van der Waals surface area contributed by atoms with E-state index in [0.29, 0.717) is 11.8 Å². The van der Waals surface area contributed by atoms with E-state index in [1.807, 2.05) is 0 Å². The van der Waals surface area contributed by atoms with Crippen molar-refractivity contribution in [3.63, 3.8) is 0 Å². The highest BCUT2D eigenvalue weighted by molar-refractivity contribution is 6.03. The Bertz CT molecular complexity index is 3450. The van der Waals surface area contributed by atoms with Gasteiger partial charge in [0.15, 0.2) is 0 Å². The van der Waals surface area contributed by atoms with Gasteiger partial charge in [-0.1, -0.05) is 185 Å². The van der Waals surface area contributed by atoms with Crippen molar-refractivity contribution in [3.8, 4) is 66.8 Å². The average molecular weight is 791 g/mol. The van der Waals surface area contributed by atoms with Crippen LogP contribution in [0.5, 0.6) is 0 Å². The Morgan fingerprint density at radius 3 is 1.39 bits per heavy atom. The smallest absolute Gasteiger partial charge is 0.0159 e. The SMILES string of the molecule is CC1(C)c2ccccc2-c2ccc(-c3ccc4c(c3)C(C)(C)c3cc(-c5ccc6cc(-c7cccc(-c8ccc9c%10c(cccc8%10)C8C=CC=CC98)c7)ccc6c5)ccc3-4)cc21. The van der Waals surface area contributed by atoms with Crippen LogP contribution in [0.3, 0.4) is 0 Å². The Kier molecular flexibility index (Phi) is 7.35. The largest absolute Gasteiger partial charge is 0.0761 e. The Morgan fingerprint density at radius 1 is 0.323 bits per heavy atom.